The molecule has 1 heterocycles. The Hall–Kier alpha value is -1.37. The number of nitrogens with zero attached hydrogens (tertiary/aromatic N) is 1. The number of aliphatic hydroxyl groups excluding tert-OH is 1. The molecule has 19 heavy (non-hydrogen) atoms. The van der Waals surface area contributed by atoms with E-state index in [9.17, 15) is 4.79 Å². The summed E-state index contributed by atoms with van der Waals surface area (Å²) in [5.41, 5.74) is 2.56. The summed E-state index contributed by atoms with van der Waals surface area (Å²) < 4.78 is 0.765. The molecule has 100 valence electrons. The van der Waals surface area contributed by atoms with E-state index in [0.717, 1.165) is 21.2 Å². The van der Waals surface area contributed by atoms with E-state index in [0.29, 0.717) is 10.6 Å². The van der Waals surface area contributed by atoms with Crippen molar-refractivity contribution in [3.8, 4) is 0 Å². The molecule has 1 aromatic carbocycles. The Morgan fingerprint density at radius 2 is 1.95 bits per heavy atom. The molecule has 0 fully saturated rings. The fraction of sp³-hybridized carbons (Fsp3) is 0.231. The predicted octanol–water partition coefficient (Wildman–Crippen LogP) is 2.93. The van der Waals surface area contributed by atoms with Crippen LogP contribution in [0.3, 0.4) is 0 Å². The van der Waals surface area contributed by atoms with Gasteiger partial charge in [-0.2, -0.15) is 0 Å². The number of carboxylic acids is 1. The SMILES string of the molecule is Cc1nc(SCc2ccc(CO)cc2)sc1C(=O)O. The van der Waals surface area contributed by atoms with Gasteiger partial charge in [0, 0.05) is 5.75 Å². The van der Waals surface area contributed by atoms with Crippen LogP contribution in [-0.2, 0) is 12.4 Å². The van der Waals surface area contributed by atoms with Gasteiger partial charge < -0.3 is 10.2 Å². The van der Waals surface area contributed by atoms with E-state index in [2.05, 4.69) is 4.98 Å². The Morgan fingerprint density at radius 1 is 1.32 bits per heavy atom. The number of aromatic nitrogens is 1. The smallest absolute Gasteiger partial charge is 0.347 e. The third-order valence-electron chi connectivity index (χ3n) is 2.54. The number of benzene rings is 1. The molecule has 0 saturated carbocycles. The number of thiazole rings is 1. The molecule has 1 aromatic heterocycles. The Bertz CT molecular complexity index is 578. The number of rotatable bonds is 5. The van der Waals surface area contributed by atoms with Crippen LogP contribution < -0.4 is 0 Å². The van der Waals surface area contributed by atoms with Crippen LogP contribution in [-0.4, -0.2) is 21.2 Å². The van der Waals surface area contributed by atoms with Crippen molar-refractivity contribution in [3.05, 3.63) is 46.0 Å². The maximum Gasteiger partial charge on any atom is 0.347 e. The van der Waals surface area contributed by atoms with Crippen LogP contribution >= 0.6 is 23.1 Å². The highest BCUT2D eigenvalue weighted by molar-refractivity contribution is 8.00. The normalized spacial score (nSPS) is 10.6. The molecule has 0 aliphatic rings. The molecule has 0 amide bonds. The molecule has 0 unspecified atom stereocenters. The van der Waals surface area contributed by atoms with Gasteiger partial charge in [-0.15, -0.1) is 11.3 Å². The second-order valence-corrected chi connectivity index (χ2v) is 6.18. The highest BCUT2D eigenvalue weighted by Crippen LogP contribution is 2.29. The van der Waals surface area contributed by atoms with Gasteiger partial charge in [0.25, 0.3) is 0 Å². The van der Waals surface area contributed by atoms with E-state index < -0.39 is 5.97 Å². The van der Waals surface area contributed by atoms with Crippen LogP contribution in [0.15, 0.2) is 28.6 Å². The van der Waals surface area contributed by atoms with Crippen molar-refractivity contribution in [1.82, 2.24) is 4.98 Å². The molecule has 0 saturated heterocycles. The molecule has 2 N–H and O–H groups in total. The number of hydrogen-bond acceptors (Lipinski definition) is 5. The molecule has 2 rings (SSSR count). The summed E-state index contributed by atoms with van der Waals surface area (Å²) in [6.45, 7) is 1.75. The van der Waals surface area contributed by atoms with Crippen LogP contribution in [0.25, 0.3) is 0 Å². The molecule has 0 radical (unpaired) electrons. The fourth-order valence-electron chi connectivity index (χ4n) is 1.52. The summed E-state index contributed by atoms with van der Waals surface area (Å²) in [4.78, 5) is 15.5. The quantitative estimate of drug-likeness (QED) is 0.830. The highest BCUT2D eigenvalue weighted by Gasteiger charge is 2.14. The van der Waals surface area contributed by atoms with Crippen LogP contribution in [0.4, 0.5) is 0 Å². The Kier molecular flexibility index (Phi) is 4.57. The first-order chi connectivity index (χ1) is 9.10. The van der Waals surface area contributed by atoms with Crippen LogP contribution in [0.2, 0.25) is 0 Å². The molecular formula is C13H13NO3S2. The van der Waals surface area contributed by atoms with Gasteiger partial charge in [-0.05, 0) is 18.1 Å². The van der Waals surface area contributed by atoms with Gasteiger partial charge in [-0.3, -0.25) is 0 Å². The maximum absolute atomic E-state index is 10.9. The van der Waals surface area contributed by atoms with Crippen molar-refractivity contribution < 1.29 is 15.0 Å². The van der Waals surface area contributed by atoms with Crippen LogP contribution in [0.5, 0.6) is 0 Å². The van der Waals surface area contributed by atoms with Crippen molar-refractivity contribution in [3.63, 3.8) is 0 Å². The average Bonchev–Trinajstić information content (AvgIpc) is 2.78. The molecule has 0 atom stereocenters. The first-order valence-electron chi connectivity index (χ1n) is 5.62. The standard InChI is InChI=1S/C13H13NO3S2/c1-8-11(12(16)17)19-13(14-8)18-7-10-4-2-9(6-15)3-5-10/h2-5,15H,6-7H2,1H3,(H,16,17). The van der Waals surface area contributed by atoms with Crippen LogP contribution in [0, 0.1) is 6.92 Å². The number of carboxylic acid groups (broad SMARTS) is 1. The van der Waals surface area contributed by atoms with Crippen LogP contribution in [0.1, 0.15) is 26.5 Å². The summed E-state index contributed by atoms with van der Waals surface area (Å²) >= 11 is 2.73. The van der Waals surface area contributed by atoms with Crippen molar-refractivity contribution in [2.24, 2.45) is 0 Å². The van der Waals surface area contributed by atoms with E-state index in [1.54, 1.807) is 6.92 Å². The lowest BCUT2D eigenvalue weighted by Gasteiger charge is -2.00. The summed E-state index contributed by atoms with van der Waals surface area (Å²) in [5, 5.41) is 17.9. The van der Waals surface area contributed by atoms with E-state index >= 15 is 0 Å². The van der Waals surface area contributed by atoms with Gasteiger partial charge in [-0.1, -0.05) is 36.0 Å². The Morgan fingerprint density at radius 3 is 2.47 bits per heavy atom. The number of hydrogen-bond donors (Lipinski definition) is 2. The van der Waals surface area contributed by atoms with Gasteiger partial charge in [-0.25, -0.2) is 9.78 Å². The molecule has 6 heteroatoms. The average molecular weight is 295 g/mol. The summed E-state index contributed by atoms with van der Waals surface area (Å²) in [7, 11) is 0. The number of aryl methyl sites for hydroxylation is 1. The van der Waals surface area contributed by atoms with Gasteiger partial charge in [0.05, 0.1) is 12.3 Å². The van der Waals surface area contributed by atoms with E-state index in [-0.39, 0.29) is 6.61 Å². The van der Waals surface area contributed by atoms with E-state index in [4.69, 9.17) is 10.2 Å². The molecule has 0 spiro atoms. The first kappa shape index (κ1) is 14.0. The third-order valence-corrected chi connectivity index (χ3v) is 4.90. The minimum atomic E-state index is -0.922. The number of thioether (sulfide) groups is 1. The lowest BCUT2D eigenvalue weighted by molar-refractivity contribution is 0.0701. The summed E-state index contributed by atoms with van der Waals surface area (Å²) in [5.74, 6) is -0.188. The third kappa shape index (κ3) is 3.56. The van der Waals surface area contributed by atoms with Crippen molar-refractivity contribution in [2.45, 2.75) is 23.6 Å². The van der Waals surface area contributed by atoms with Gasteiger partial charge in [0.15, 0.2) is 4.34 Å². The zero-order chi connectivity index (χ0) is 13.8. The molecule has 4 nitrogen and oxygen atoms in total. The first-order valence-corrected chi connectivity index (χ1v) is 7.42. The minimum absolute atomic E-state index is 0.0427. The largest absolute Gasteiger partial charge is 0.477 e. The number of carbonyl (C=O) groups is 1. The molecular weight excluding hydrogens is 282 g/mol. The zero-order valence-electron chi connectivity index (χ0n) is 10.3. The van der Waals surface area contributed by atoms with Gasteiger partial charge in [0.1, 0.15) is 4.88 Å². The number of aromatic carboxylic acids is 1. The van der Waals surface area contributed by atoms with Crippen molar-refractivity contribution in [2.75, 3.05) is 0 Å². The molecule has 0 aliphatic heterocycles. The van der Waals surface area contributed by atoms with Gasteiger partial charge >= 0.3 is 5.97 Å². The Labute approximate surface area is 119 Å². The molecule has 0 aliphatic carbocycles. The topological polar surface area (TPSA) is 70.4 Å². The minimum Gasteiger partial charge on any atom is -0.477 e. The maximum atomic E-state index is 10.9. The Balaban J connectivity index is 2.01. The second kappa shape index (κ2) is 6.18. The number of aliphatic hydroxyl groups is 1. The van der Waals surface area contributed by atoms with Crippen molar-refractivity contribution >= 4 is 29.1 Å². The van der Waals surface area contributed by atoms with Crippen molar-refractivity contribution in [1.29, 1.82) is 0 Å². The van der Waals surface area contributed by atoms with E-state index in [1.165, 1.54) is 23.1 Å². The predicted molar refractivity (Wildman–Crippen MR) is 75.7 cm³/mol. The van der Waals surface area contributed by atoms with Gasteiger partial charge in [0.2, 0.25) is 0 Å². The van der Waals surface area contributed by atoms with E-state index in [1.807, 2.05) is 24.3 Å². The fourth-order valence-corrected chi connectivity index (χ4v) is 3.50. The summed E-state index contributed by atoms with van der Waals surface area (Å²) in [6, 6.07) is 7.67. The monoisotopic (exact) mass is 295 g/mol. The highest BCUT2D eigenvalue weighted by atomic mass is 32.2. The molecule has 2 aromatic rings. The lowest BCUT2D eigenvalue weighted by Crippen LogP contribution is -1.94. The zero-order valence-corrected chi connectivity index (χ0v) is 11.9. The lowest BCUT2D eigenvalue weighted by atomic mass is 10.2. The summed E-state index contributed by atoms with van der Waals surface area (Å²) in [6.07, 6.45) is 0. The second-order valence-electron chi connectivity index (χ2n) is 3.96. The molecule has 0 bridgehead atoms.